The zero-order valence-corrected chi connectivity index (χ0v) is 11.9. The van der Waals surface area contributed by atoms with Gasteiger partial charge in [0.15, 0.2) is 0 Å². The lowest BCUT2D eigenvalue weighted by Gasteiger charge is -2.29. The number of ether oxygens (including phenoxy) is 2. The van der Waals surface area contributed by atoms with Crippen molar-refractivity contribution >= 4 is 11.9 Å². The molecule has 1 aliphatic carbocycles. The lowest BCUT2D eigenvalue weighted by molar-refractivity contribution is 0.0309. The van der Waals surface area contributed by atoms with Gasteiger partial charge in [-0.15, -0.1) is 0 Å². The monoisotopic (exact) mass is 290 g/mol. The molecule has 1 saturated carbocycles. The fourth-order valence-corrected chi connectivity index (χ4v) is 2.45. The van der Waals surface area contributed by atoms with Gasteiger partial charge >= 0.3 is 5.97 Å². The summed E-state index contributed by atoms with van der Waals surface area (Å²) in [4.78, 5) is 21.9. The van der Waals surface area contributed by atoms with Gasteiger partial charge in [0.2, 0.25) is 0 Å². The standard InChI is InChI=1S/C16H18O5/c1-2-20-14-7-8-15(12(9-14)10-17)21-13-5-3-11(4-6-13)16(18)19/h3-6,14-15H,2,7-9H2,1H3,(H,18,19). The van der Waals surface area contributed by atoms with E-state index in [9.17, 15) is 9.59 Å². The SMILES string of the molecule is CCOC1CCC(Oc2ccc(C(=O)O)cc2)C(=C=O)C1. The molecule has 1 fully saturated rings. The highest BCUT2D eigenvalue weighted by atomic mass is 16.5. The lowest BCUT2D eigenvalue weighted by Crippen LogP contribution is -2.31. The topological polar surface area (TPSA) is 72.8 Å². The number of aromatic carboxylic acids is 1. The van der Waals surface area contributed by atoms with Gasteiger partial charge in [0.05, 0.1) is 17.2 Å². The van der Waals surface area contributed by atoms with Gasteiger partial charge in [-0.05, 0) is 44.0 Å². The highest BCUT2D eigenvalue weighted by molar-refractivity contribution is 5.87. The smallest absolute Gasteiger partial charge is 0.335 e. The number of rotatable bonds is 5. The van der Waals surface area contributed by atoms with Crippen LogP contribution in [0.1, 0.15) is 36.5 Å². The predicted octanol–water partition coefficient (Wildman–Crippen LogP) is 2.48. The van der Waals surface area contributed by atoms with Gasteiger partial charge in [0.25, 0.3) is 0 Å². The normalized spacial score (nSPS) is 21.7. The first kappa shape index (κ1) is 15.3. The van der Waals surface area contributed by atoms with Crippen molar-refractivity contribution in [2.45, 2.75) is 38.4 Å². The van der Waals surface area contributed by atoms with Crippen molar-refractivity contribution in [2.24, 2.45) is 0 Å². The van der Waals surface area contributed by atoms with E-state index in [1.54, 1.807) is 12.1 Å². The van der Waals surface area contributed by atoms with Gasteiger partial charge in [0, 0.05) is 13.0 Å². The van der Waals surface area contributed by atoms with Crippen molar-refractivity contribution in [1.29, 1.82) is 0 Å². The van der Waals surface area contributed by atoms with Crippen LogP contribution in [0.4, 0.5) is 0 Å². The third-order valence-corrected chi connectivity index (χ3v) is 3.50. The Morgan fingerprint density at radius 2 is 2.05 bits per heavy atom. The predicted molar refractivity (Wildman–Crippen MR) is 76.3 cm³/mol. The number of hydrogen-bond acceptors (Lipinski definition) is 4. The summed E-state index contributed by atoms with van der Waals surface area (Å²) in [6, 6.07) is 6.16. The van der Waals surface area contributed by atoms with Crippen LogP contribution in [0.15, 0.2) is 29.8 Å². The van der Waals surface area contributed by atoms with Crippen LogP contribution in [0.25, 0.3) is 0 Å². The Bertz CT molecular complexity index is 542. The number of carbonyl (C=O) groups excluding carboxylic acids is 1. The molecule has 1 aromatic carbocycles. The Hall–Kier alpha value is -2.10. The molecule has 2 unspecified atom stereocenters. The number of hydrogen-bond donors (Lipinski definition) is 1. The fraction of sp³-hybridized carbons (Fsp3) is 0.438. The number of benzene rings is 1. The average Bonchev–Trinajstić information content (AvgIpc) is 2.49. The summed E-state index contributed by atoms with van der Waals surface area (Å²) in [5.74, 6) is 1.53. The molecule has 5 heteroatoms. The van der Waals surface area contributed by atoms with Crippen LogP contribution in [0.2, 0.25) is 0 Å². The molecule has 0 bridgehead atoms. The molecule has 21 heavy (non-hydrogen) atoms. The maximum Gasteiger partial charge on any atom is 0.335 e. The molecular weight excluding hydrogens is 272 g/mol. The minimum atomic E-state index is -0.979. The number of carbonyl (C=O) groups is 1. The molecule has 0 aliphatic heterocycles. The number of carboxylic acid groups (broad SMARTS) is 1. The minimum Gasteiger partial charge on any atom is -0.485 e. The molecule has 1 N–H and O–H groups in total. The Kier molecular flexibility index (Phi) is 5.14. The van der Waals surface area contributed by atoms with Crippen LogP contribution in [-0.4, -0.2) is 35.8 Å². The second kappa shape index (κ2) is 7.07. The maximum absolute atomic E-state index is 11.1. The van der Waals surface area contributed by atoms with Gasteiger partial charge in [-0.25, -0.2) is 9.59 Å². The van der Waals surface area contributed by atoms with Crippen LogP contribution in [-0.2, 0) is 9.53 Å². The van der Waals surface area contributed by atoms with Gasteiger partial charge in [-0.2, -0.15) is 0 Å². The first-order valence-electron chi connectivity index (χ1n) is 6.99. The van der Waals surface area contributed by atoms with Crippen LogP contribution in [0.5, 0.6) is 5.75 Å². The molecular formula is C16H18O5. The molecule has 1 aromatic rings. The molecule has 2 rings (SSSR count). The molecule has 0 saturated heterocycles. The Labute approximate surface area is 123 Å². The fourth-order valence-electron chi connectivity index (χ4n) is 2.45. The van der Waals surface area contributed by atoms with Crippen molar-refractivity contribution in [3.05, 3.63) is 35.4 Å². The third-order valence-electron chi connectivity index (χ3n) is 3.50. The first-order chi connectivity index (χ1) is 10.1. The van der Waals surface area contributed by atoms with Crippen molar-refractivity contribution < 1.29 is 24.2 Å². The lowest BCUT2D eigenvalue weighted by atomic mass is 9.90. The van der Waals surface area contributed by atoms with E-state index in [2.05, 4.69) is 0 Å². The van der Waals surface area contributed by atoms with Crippen molar-refractivity contribution in [2.75, 3.05) is 6.61 Å². The van der Waals surface area contributed by atoms with Gasteiger partial charge < -0.3 is 14.6 Å². The van der Waals surface area contributed by atoms with Crippen LogP contribution >= 0.6 is 0 Å². The molecule has 112 valence electrons. The van der Waals surface area contributed by atoms with Gasteiger partial charge in [-0.3, -0.25) is 0 Å². The average molecular weight is 290 g/mol. The molecule has 0 spiro atoms. The van der Waals surface area contributed by atoms with E-state index in [1.165, 1.54) is 12.1 Å². The number of carboxylic acids is 1. The zero-order valence-electron chi connectivity index (χ0n) is 11.9. The highest BCUT2D eigenvalue weighted by Gasteiger charge is 2.28. The first-order valence-corrected chi connectivity index (χ1v) is 6.99. The molecule has 2 atom stereocenters. The van der Waals surface area contributed by atoms with E-state index in [4.69, 9.17) is 14.6 Å². The summed E-state index contributed by atoms with van der Waals surface area (Å²) >= 11 is 0. The van der Waals surface area contributed by atoms with Crippen molar-refractivity contribution in [3.63, 3.8) is 0 Å². The maximum atomic E-state index is 11.1. The second-order valence-electron chi connectivity index (χ2n) is 4.92. The van der Waals surface area contributed by atoms with Crippen LogP contribution in [0.3, 0.4) is 0 Å². The van der Waals surface area contributed by atoms with E-state index in [-0.39, 0.29) is 17.8 Å². The van der Waals surface area contributed by atoms with Crippen molar-refractivity contribution in [3.8, 4) is 5.75 Å². The summed E-state index contributed by atoms with van der Waals surface area (Å²) in [6.07, 6.45) is 1.80. The van der Waals surface area contributed by atoms with Crippen LogP contribution < -0.4 is 4.74 Å². The Balaban J connectivity index is 2.02. The summed E-state index contributed by atoms with van der Waals surface area (Å²) in [5, 5.41) is 8.85. The van der Waals surface area contributed by atoms with E-state index in [0.29, 0.717) is 30.8 Å². The minimum absolute atomic E-state index is 0.0562. The zero-order chi connectivity index (χ0) is 15.2. The summed E-state index contributed by atoms with van der Waals surface area (Å²) in [5.41, 5.74) is 0.774. The van der Waals surface area contributed by atoms with Crippen LogP contribution in [0, 0.1) is 0 Å². The van der Waals surface area contributed by atoms with E-state index in [0.717, 1.165) is 6.42 Å². The highest BCUT2D eigenvalue weighted by Crippen LogP contribution is 2.28. The Morgan fingerprint density at radius 3 is 2.62 bits per heavy atom. The summed E-state index contributed by atoms with van der Waals surface area (Å²) < 4.78 is 11.3. The second-order valence-corrected chi connectivity index (χ2v) is 4.92. The molecule has 0 radical (unpaired) electrons. The van der Waals surface area contributed by atoms with E-state index >= 15 is 0 Å². The van der Waals surface area contributed by atoms with E-state index < -0.39 is 5.97 Å². The molecule has 1 aliphatic rings. The largest absolute Gasteiger partial charge is 0.485 e. The molecule has 0 amide bonds. The van der Waals surface area contributed by atoms with E-state index in [1.807, 2.05) is 12.9 Å². The third kappa shape index (κ3) is 3.94. The van der Waals surface area contributed by atoms with Gasteiger partial charge in [-0.1, -0.05) is 0 Å². The molecule has 0 aromatic heterocycles. The molecule has 0 heterocycles. The van der Waals surface area contributed by atoms with Crippen molar-refractivity contribution in [1.82, 2.24) is 0 Å². The summed E-state index contributed by atoms with van der Waals surface area (Å²) in [7, 11) is 0. The quantitative estimate of drug-likeness (QED) is 0.843. The van der Waals surface area contributed by atoms with Gasteiger partial charge in [0.1, 0.15) is 17.8 Å². The Morgan fingerprint density at radius 1 is 1.33 bits per heavy atom. The summed E-state index contributed by atoms with van der Waals surface area (Å²) in [6.45, 7) is 2.55. The molecule has 5 nitrogen and oxygen atoms in total.